The summed E-state index contributed by atoms with van der Waals surface area (Å²) in [6, 6.07) is 18.5. The summed E-state index contributed by atoms with van der Waals surface area (Å²) in [7, 11) is 0. The van der Waals surface area contributed by atoms with E-state index >= 15 is 0 Å². The van der Waals surface area contributed by atoms with Gasteiger partial charge in [0.2, 0.25) is 17.5 Å². The van der Waals surface area contributed by atoms with Crippen LogP contribution in [0.2, 0.25) is 0 Å². The number of nitrogens with one attached hydrogen (secondary N) is 3. The molecule has 154 valence electrons. The molecule has 9 nitrogen and oxygen atoms in total. The Morgan fingerprint density at radius 2 is 1.47 bits per heavy atom. The minimum Gasteiger partial charge on any atom is -0.362 e. The third kappa shape index (κ3) is 4.88. The van der Waals surface area contributed by atoms with Crippen LogP contribution >= 0.6 is 0 Å². The van der Waals surface area contributed by atoms with Crippen molar-refractivity contribution < 1.29 is 9.72 Å². The molecule has 30 heavy (non-hydrogen) atoms. The Labute approximate surface area is 173 Å². The van der Waals surface area contributed by atoms with E-state index < -0.39 is 10.8 Å². The molecular formula is C21H22N6O3. The van der Waals surface area contributed by atoms with Gasteiger partial charge in [0.05, 0.1) is 10.8 Å². The first-order valence-corrected chi connectivity index (χ1v) is 9.39. The van der Waals surface area contributed by atoms with Gasteiger partial charge in [-0.05, 0) is 25.0 Å². The first-order valence-electron chi connectivity index (χ1n) is 9.39. The zero-order valence-corrected chi connectivity index (χ0v) is 16.6. The summed E-state index contributed by atoms with van der Waals surface area (Å²) in [6.07, 6.45) is 1.19. The average molecular weight is 406 g/mol. The second-order valence-corrected chi connectivity index (χ2v) is 6.84. The molecule has 0 atom stereocenters. The molecule has 1 amide bonds. The van der Waals surface area contributed by atoms with Gasteiger partial charge in [-0.15, -0.1) is 0 Å². The van der Waals surface area contributed by atoms with Crippen LogP contribution in [0.25, 0.3) is 0 Å². The Balaban J connectivity index is 1.87. The van der Waals surface area contributed by atoms with E-state index in [2.05, 4.69) is 26.1 Å². The zero-order chi connectivity index (χ0) is 21.5. The summed E-state index contributed by atoms with van der Waals surface area (Å²) < 4.78 is 0. The van der Waals surface area contributed by atoms with Crippen LogP contribution in [-0.4, -0.2) is 26.8 Å². The van der Waals surface area contributed by atoms with Gasteiger partial charge in [0, 0.05) is 6.04 Å². The van der Waals surface area contributed by atoms with Crippen molar-refractivity contribution >= 4 is 23.2 Å². The van der Waals surface area contributed by atoms with Gasteiger partial charge in [-0.25, -0.2) is 9.97 Å². The predicted molar refractivity (Wildman–Crippen MR) is 114 cm³/mol. The van der Waals surface area contributed by atoms with Gasteiger partial charge in [-0.3, -0.25) is 25.8 Å². The van der Waals surface area contributed by atoms with Crippen LogP contribution in [0.1, 0.15) is 30.9 Å². The maximum absolute atomic E-state index is 13.1. The Hall–Kier alpha value is -4.01. The van der Waals surface area contributed by atoms with Gasteiger partial charge in [-0.1, -0.05) is 60.7 Å². The van der Waals surface area contributed by atoms with Gasteiger partial charge in [0.15, 0.2) is 0 Å². The minimum atomic E-state index is -0.603. The van der Waals surface area contributed by atoms with Crippen molar-refractivity contribution in [3.05, 3.63) is 88.2 Å². The molecule has 0 bridgehead atoms. The van der Waals surface area contributed by atoms with Gasteiger partial charge in [0.1, 0.15) is 6.33 Å². The molecule has 3 aromatic rings. The molecule has 0 aliphatic rings. The van der Waals surface area contributed by atoms with Crippen LogP contribution in [0.15, 0.2) is 67.0 Å². The normalized spacial score (nSPS) is 10.7. The monoisotopic (exact) mass is 406 g/mol. The first-order chi connectivity index (χ1) is 14.5. The number of rotatable bonds is 8. The average Bonchev–Trinajstić information content (AvgIpc) is 2.73. The molecule has 3 N–H and O–H groups in total. The fourth-order valence-corrected chi connectivity index (χ4v) is 3.00. The van der Waals surface area contributed by atoms with Crippen molar-refractivity contribution in [2.75, 3.05) is 10.7 Å². The number of hydrogen-bond acceptors (Lipinski definition) is 7. The predicted octanol–water partition coefficient (Wildman–Crippen LogP) is 3.48. The molecule has 0 aliphatic heterocycles. The highest BCUT2D eigenvalue weighted by molar-refractivity contribution is 5.88. The van der Waals surface area contributed by atoms with Crippen LogP contribution in [-0.2, 0) is 4.79 Å². The molecule has 0 aliphatic carbocycles. The Morgan fingerprint density at radius 3 is 1.97 bits per heavy atom. The van der Waals surface area contributed by atoms with Crippen molar-refractivity contribution in [2.45, 2.75) is 25.8 Å². The number of hydrogen-bond donors (Lipinski definition) is 3. The molecule has 2 aromatic carbocycles. The number of benzene rings is 2. The quantitative estimate of drug-likeness (QED) is 0.387. The van der Waals surface area contributed by atoms with Crippen molar-refractivity contribution in [3.8, 4) is 0 Å². The third-order valence-electron chi connectivity index (χ3n) is 4.26. The van der Waals surface area contributed by atoms with E-state index in [4.69, 9.17) is 0 Å². The summed E-state index contributed by atoms with van der Waals surface area (Å²) in [4.78, 5) is 31.9. The third-order valence-corrected chi connectivity index (χ3v) is 4.26. The lowest BCUT2D eigenvalue weighted by molar-refractivity contribution is -0.383. The Morgan fingerprint density at radius 1 is 0.933 bits per heavy atom. The SMILES string of the molecule is CC(C)Nc1ncnc(NNC(=O)C(c2ccccc2)c2ccccc2)c1[N+](=O)[O-]. The second-order valence-electron chi connectivity index (χ2n) is 6.84. The number of anilines is 2. The number of amides is 1. The fourth-order valence-electron chi connectivity index (χ4n) is 3.00. The van der Waals surface area contributed by atoms with Crippen molar-refractivity contribution in [1.82, 2.24) is 15.4 Å². The summed E-state index contributed by atoms with van der Waals surface area (Å²) >= 11 is 0. The molecule has 3 rings (SSSR count). The number of hydrazine groups is 1. The van der Waals surface area contributed by atoms with Crippen LogP contribution in [0, 0.1) is 10.1 Å². The van der Waals surface area contributed by atoms with Crippen LogP contribution < -0.4 is 16.2 Å². The highest BCUT2D eigenvalue weighted by Gasteiger charge is 2.26. The molecule has 1 aromatic heterocycles. The van der Waals surface area contributed by atoms with Gasteiger partial charge in [-0.2, -0.15) is 0 Å². The number of carbonyl (C=O) groups excluding carboxylic acids is 1. The zero-order valence-electron chi connectivity index (χ0n) is 16.6. The summed E-state index contributed by atoms with van der Waals surface area (Å²) in [5.41, 5.74) is 6.40. The smallest absolute Gasteiger partial charge is 0.354 e. The van der Waals surface area contributed by atoms with Gasteiger partial charge >= 0.3 is 5.69 Å². The fraction of sp³-hybridized carbons (Fsp3) is 0.190. The number of aromatic nitrogens is 2. The van der Waals surface area contributed by atoms with E-state index in [1.54, 1.807) is 0 Å². The van der Waals surface area contributed by atoms with Gasteiger partial charge in [0.25, 0.3) is 0 Å². The lowest BCUT2D eigenvalue weighted by Crippen LogP contribution is -2.35. The minimum absolute atomic E-state index is 0.0680. The molecule has 1 heterocycles. The molecule has 0 radical (unpaired) electrons. The molecule has 9 heteroatoms. The lowest BCUT2D eigenvalue weighted by atomic mass is 9.91. The van der Waals surface area contributed by atoms with E-state index in [0.717, 1.165) is 11.1 Å². The van der Waals surface area contributed by atoms with Crippen molar-refractivity contribution in [1.29, 1.82) is 0 Å². The van der Waals surface area contributed by atoms with Crippen LogP contribution in [0.4, 0.5) is 17.3 Å². The van der Waals surface area contributed by atoms with E-state index in [0.29, 0.717) is 0 Å². The van der Waals surface area contributed by atoms with E-state index in [1.807, 2.05) is 74.5 Å². The highest BCUT2D eigenvalue weighted by atomic mass is 16.6. The highest BCUT2D eigenvalue weighted by Crippen LogP contribution is 2.29. The van der Waals surface area contributed by atoms with E-state index in [9.17, 15) is 14.9 Å². The molecule has 0 saturated heterocycles. The second kappa shape index (κ2) is 9.46. The first kappa shape index (κ1) is 20.7. The maximum Gasteiger partial charge on any atom is 0.354 e. The molecule has 0 unspecified atom stereocenters. The molecule has 0 fully saturated rings. The van der Waals surface area contributed by atoms with E-state index in [-0.39, 0.29) is 29.3 Å². The van der Waals surface area contributed by atoms with Crippen LogP contribution in [0.3, 0.4) is 0 Å². The number of carbonyl (C=O) groups is 1. The van der Waals surface area contributed by atoms with Crippen LogP contribution in [0.5, 0.6) is 0 Å². The summed E-state index contributed by atoms with van der Waals surface area (Å²) in [5, 5.41) is 14.5. The number of nitrogens with zero attached hydrogens (tertiary/aromatic N) is 3. The van der Waals surface area contributed by atoms with E-state index in [1.165, 1.54) is 6.33 Å². The maximum atomic E-state index is 13.1. The summed E-state index contributed by atoms with van der Waals surface area (Å²) in [6.45, 7) is 3.68. The lowest BCUT2D eigenvalue weighted by Gasteiger charge is -2.18. The Bertz CT molecular complexity index is 972. The standard InChI is InChI=1S/C21H22N6O3/c1-14(2)24-19-18(27(29)30)20(23-13-22-19)25-26-21(28)17(15-9-5-3-6-10-15)16-11-7-4-8-12-16/h3-14,17H,1-2H3,(H,26,28)(H2,22,23,24,25). The Kier molecular flexibility index (Phi) is 6.53. The van der Waals surface area contributed by atoms with Gasteiger partial charge < -0.3 is 5.32 Å². The summed E-state index contributed by atoms with van der Waals surface area (Å²) in [5.74, 6) is -1.01. The largest absolute Gasteiger partial charge is 0.362 e. The number of nitro groups is 1. The molecular weight excluding hydrogens is 384 g/mol. The topological polar surface area (TPSA) is 122 Å². The van der Waals surface area contributed by atoms with Crippen molar-refractivity contribution in [3.63, 3.8) is 0 Å². The molecule has 0 spiro atoms. The van der Waals surface area contributed by atoms with Crippen molar-refractivity contribution in [2.24, 2.45) is 0 Å². The molecule has 0 saturated carbocycles.